The van der Waals surface area contributed by atoms with E-state index in [1.165, 1.54) is 0 Å². The predicted molar refractivity (Wildman–Crippen MR) is 98.6 cm³/mol. The molecule has 0 radical (unpaired) electrons. The molecule has 0 aliphatic rings. The first-order valence-corrected chi connectivity index (χ1v) is 9.57. The van der Waals surface area contributed by atoms with Gasteiger partial charge in [-0.15, -0.1) is 0 Å². The molecular formula is C20H20N2O2S. The molecular weight excluding hydrogens is 332 g/mol. The molecule has 2 aromatic carbocycles. The fraction of sp³-hybridized carbons (Fsp3) is 0.150. The SMILES string of the molecule is Cc1cccnc1CC(NS(=O)(=O)c1ccccc1)c1ccccc1. The first-order chi connectivity index (χ1) is 12.1. The maximum absolute atomic E-state index is 12.8. The minimum absolute atomic E-state index is 0.258. The van der Waals surface area contributed by atoms with Crippen molar-refractivity contribution in [2.75, 3.05) is 0 Å². The van der Waals surface area contributed by atoms with E-state index in [9.17, 15) is 8.42 Å². The van der Waals surface area contributed by atoms with Gasteiger partial charge < -0.3 is 0 Å². The third-order valence-corrected chi connectivity index (χ3v) is 5.56. The molecule has 1 aromatic heterocycles. The number of hydrogen-bond acceptors (Lipinski definition) is 3. The number of aryl methyl sites for hydroxylation is 1. The molecule has 1 unspecified atom stereocenters. The van der Waals surface area contributed by atoms with Crippen LogP contribution in [0.15, 0.2) is 83.9 Å². The van der Waals surface area contributed by atoms with Crippen molar-refractivity contribution in [1.82, 2.24) is 9.71 Å². The summed E-state index contributed by atoms with van der Waals surface area (Å²) < 4.78 is 28.4. The van der Waals surface area contributed by atoms with Crippen LogP contribution in [0.4, 0.5) is 0 Å². The number of benzene rings is 2. The maximum Gasteiger partial charge on any atom is 0.241 e. The fourth-order valence-electron chi connectivity index (χ4n) is 2.69. The molecule has 0 saturated heterocycles. The minimum Gasteiger partial charge on any atom is -0.261 e. The molecule has 3 rings (SSSR count). The largest absolute Gasteiger partial charge is 0.261 e. The van der Waals surface area contributed by atoms with Crippen LogP contribution in [0.3, 0.4) is 0 Å². The first kappa shape index (κ1) is 17.3. The lowest BCUT2D eigenvalue weighted by molar-refractivity contribution is 0.552. The number of nitrogens with zero attached hydrogens (tertiary/aromatic N) is 1. The third-order valence-electron chi connectivity index (χ3n) is 4.07. The molecule has 5 heteroatoms. The number of nitrogens with one attached hydrogen (secondary N) is 1. The van der Waals surface area contributed by atoms with Gasteiger partial charge in [0, 0.05) is 18.3 Å². The van der Waals surface area contributed by atoms with Gasteiger partial charge in [0.1, 0.15) is 0 Å². The Balaban J connectivity index is 1.94. The van der Waals surface area contributed by atoms with E-state index >= 15 is 0 Å². The van der Waals surface area contributed by atoms with Crippen LogP contribution in [0.5, 0.6) is 0 Å². The van der Waals surface area contributed by atoms with Gasteiger partial charge in [0.15, 0.2) is 0 Å². The van der Waals surface area contributed by atoms with Gasteiger partial charge in [-0.2, -0.15) is 0 Å². The van der Waals surface area contributed by atoms with Gasteiger partial charge in [-0.3, -0.25) is 4.98 Å². The molecule has 0 bridgehead atoms. The van der Waals surface area contributed by atoms with Crippen LogP contribution < -0.4 is 4.72 Å². The maximum atomic E-state index is 12.8. The van der Waals surface area contributed by atoms with Crippen molar-refractivity contribution in [2.45, 2.75) is 24.3 Å². The highest BCUT2D eigenvalue weighted by Crippen LogP contribution is 2.22. The van der Waals surface area contributed by atoms with Crippen molar-refractivity contribution in [3.63, 3.8) is 0 Å². The van der Waals surface area contributed by atoms with Crippen LogP contribution in [0.1, 0.15) is 22.9 Å². The van der Waals surface area contributed by atoms with Crippen molar-refractivity contribution < 1.29 is 8.42 Å². The van der Waals surface area contributed by atoms with E-state index in [0.717, 1.165) is 16.8 Å². The lowest BCUT2D eigenvalue weighted by Gasteiger charge is -2.20. The van der Waals surface area contributed by atoms with Gasteiger partial charge in [0.2, 0.25) is 10.0 Å². The quantitative estimate of drug-likeness (QED) is 0.737. The summed E-state index contributed by atoms with van der Waals surface area (Å²) in [6.07, 6.45) is 2.22. The Labute approximate surface area is 148 Å². The van der Waals surface area contributed by atoms with E-state index in [-0.39, 0.29) is 10.9 Å². The molecule has 1 atom stereocenters. The lowest BCUT2D eigenvalue weighted by Crippen LogP contribution is -2.30. The Morgan fingerprint density at radius 1 is 0.920 bits per heavy atom. The van der Waals surface area contributed by atoms with Gasteiger partial charge in [0.05, 0.1) is 10.9 Å². The number of hydrogen-bond donors (Lipinski definition) is 1. The van der Waals surface area contributed by atoms with E-state index in [0.29, 0.717) is 6.42 Å². The Kier molecular flexibility index (Phi) is 5.26. The molecule has 0 fully saturated rings. The molecule has 0 amide bonds. The smallest absolute Gasteiger partial charge is 0.241 e. The summed E-state index contributed by atoms with van der Waals surface area (Å²) in [5.41, 5.74) is 2.83. The molecule has 25 heavy (non-hydrogen) atoms. The minimum atomic E-state index is -3.62. The van der Waals surface area contributed by atoms with Crippen LogP contribution >= 0.6 is 0 Å². The molecule has 3 aromatic rings. The van der Waals surface area contributed by atoms with Crippen LogP contribution in [0, 0.1) is 6.92 Å². The summed E-state index contributed by atoms with van der Waals surface area (Å²) in [4.78, 5) is 4.67. The molecule has 1 heterocycles. The van der Waals surface area contributed by atoms with Crippen molar-refractivity contribution in [3.8, 4) is 0 Å². The molecule has 128 valence electrons. The van der Waals surface area contributed by atoms with Gasteiger partial charge in [-0.05, 0) is 36.2 Å². The zero-order valence-electron chi connectivity index (χ0n) is 14.0. The van der Waals surface area contributed by atoms with Gasteiger partial charge in [-0.25, -0.2) is 13.1 Å². The monoisotopic (exact) mass is 352 g/mol. The highest BCUT2D eigenvalue weighted by atomic mass is 32.2. The Morgan fingerprint density at radius 2 is 1.56 bits per heavy atom. The topological polar surface area (TPSA) is 59.1 Å². The predicted octanol–water partition coefficient (Wildman–Crippen LogP) is 3.65. The van der Waals surface area contributed by atoms with E-state index in [1.807, 2.05) is 49.4 Å². The fourth-order valence-corrected chi connectivity index (χ4v) is 3.94. The van der Waals surface area contributed by atoms with E-state index in [4.69, 9.17) is 0 Å². The zero-order chi connectivity index (χ0) is 17.7. The number of sulfonamides is 1. The van der Waals surface area contributed by atoms with Crippen LogP contribution in [-0.2, 0) is 16.4 Å². The van der Waals surface area contributed by atoms with Gasteiger partial charge in [-0.1, -0.05) is 54.6 Å². The Bertz CT molecular complexity index is 926. The average molecular weight is 352 g/mol. The third kappa shape index (κ3) is 4.32. The van der Waals surface area contributed by atoms with Crippen LogP contribution in [0.25, 0.3) is 0 Å². The highest BCUT2D eigenvalue weighted by Gasteiger charge is 2.22. The summed E-state index contributed by atoms with van der Waals surface area (Å²) in [5, 5.41) is 0. The molecule has 4 nitrogen and oxygen atoms in total. The normalized spacial score (nSPS) is 12.7. The summed E-state index contributed by atoms with van der Waals surface area (Å²) in [7, 11) is -3.62. The number of rotatable bonds is 6. The number of pyridine rings is 1. The molecule has 0 aliphatic heterocycles. The van der Waals surface area contributed by atoms with Crippen molar-refractivity contribution in [3.05, 3.63) is 95.8 Å². The summed E-state index contributed by atoms with van der Waals surface area (Å²) in [5.74, 6) is 0. The second-order valence-corrected chi connectivity index (χ2v) is 7.58. The van der Waals surface area contributed by atoms with E-state index in [1.54, 1.807) is 36.5 Å². The van der Waals surface area contributed by atoms with Crippen LogP contribution in [0.2, 0.25) is 0 Å². The van der Waals surface area contributed by atoms with Crippen molar-refractivity contribution >= 4 is 10.0 Å². The van der Waals surface area contributed by atoms with E-state index in [2.05, 4.69) is 9.71 Å². The molecule has 0 spiro atoms. The Morgan fingerprint density at radius 3 is 2.20 bits per heavy atom. The molecule has 0 saturated carbocycles. The second kappa shape index (κ2) is 7.59. The van der Waals surface area contributed by atoms with Gasteiger partial charge >= 0.3 is 0 Å². The lowest BCUT2D eigenvalue weighted by atomic mass is 10.0. The summed E-state index contributed by atoms with van der Waals surface area (Å²) in [6, 6.07) is 21.5. The highest BCUT2D eigenvalue weighted by molar-refractivity contribution is 7.89. The average Bonchev–Trinajstić information content (AvgIpc) is 2.64. The van der Waals surface area contributed by atoms with Crippen molar-refractivity contribution in [1.29, 1.82) is 0 Å². The van der Waals surface area contributed by atoms with Crippen LogP contribution in [-0.4, -0.2) is 13.4 Å². The summed E-state index contributed by atoms with van der Waals surface area (Å²) >= 11 is 0. The zero-order valence-corrected chi connectivity index (χ0v) is 14.8. The molecule has 0 aliphatic carbocycles. The second-order valence-electron chi connectivity index (χ2n) is 5.87. The standard InChI is InChI=1S/C20H20N2O2S/c1-16-9-8-14-21-19(16)15-20(17-10-4-2-5-11-17)22-25(23,24)18-12-6-3-7-13-18/h2-14,20,22H,15H2,1H3. The Hall–Kier alpha value is -2.50. The first-order valence-electron chi connectivity index (χ1n) is 8.09. The van der Waals surface area contributed by atoms with Gasteiger partial charge in [0.25, 0.3) is 0 Å². The van der Waals surface area contributed by atoms with Crippen molar-refractivity contribution in [2.24, 2.45) is 0 Å². The number of aromatic nitrogens is 1. The van der Waals surface area contributed by atoms with E-state index < -0.39 is 10.0 Å². The molecule has 1 N–H and O–H groups in total. The summed E-state index contributed by atoms with van der Waals surface area (Å²) in [6.45, 7) is 1.98.